The number of carbonyl (C=O) groups is 2. The van der Waals surface area contributed by atoms with Crippen LogP contribution in [0.2, 0.25) is 5.02 Å². The molecule has 2 aromatic carbocycles. The fraction of sp³-hybridized carbons (Fsp3) is 0.263. The zero-order valence-electron chi connectivity index (χ0n) is 13.2. The molecule has 1 N–H and O–H groups in total. The van der Waals surface area contributed by atoms with Gasteiger partial charge < -0.3 is 10.1 Å². The van der Waals surface area contributed by atoms with E-state index in [-0.39, 0.29) is 17.8 Å². The van der Waals surface area contributed by atoms with E-state index in [1.165, 1.54) is 12.1 Å². The number of benzene rings is 2. The molecular formula is C19H17ClFNO2. The Morgan fingerprint density at radius 1 is 1.29 bits per heavy atom. The zero-order valence-corrected chi connectivity index (χ0v) is 13.9. The molecule has 2 aromatic rings. The van der Waals surface area contributed by atoms with Gasteiger partial charge in [-0.05, 0) is 49.1 Å². The fourth-order valence-corrected chi connectivity index (χ4v) is 3.23. The van der Waals surface area contributed by atoms with E-state index in [1.54, 1.807) is 13.0 Å². The highest BCUT2D eigenvalue weighted by Crippen LogP contribution is 2.30. The van der Waals surface area contributed by atoms with E-state index in [1.807, 2.05) is 24.3 Å². The number of aldehydes is 1. The maximum atomic E-state index is 13.9. The maximum Gasteiger partial charge on any atom is 0.233 e. The molecule has 0 radical (unpaired) electrons. The SMILES string of the molecule is C[C@@]1(C=O)C[C@@H](Cc2ccc(-c3cc(Cl)ccc3F)cc2)NC1=O. The second kappa shape index (κ2) is 6.36. The molecule has 1 amide bonds. The zero-order chi connectivity index (χ0) is 17.3. The minimum absolute atomic E-state index is 0.0681. The van der Waals surface area contributed by atoms with Crippen LogP contribution in [0, 0.1) is 11.2 Å². The average Bonchev–Trinajstić information content (AvgIpc) is 2.85. The minimum Gasteiger partial charge on any atom is -0.352 e. The number of hydrogen-bond donors (Lipinski definition) is 1. The monoisotopic (exact) mass is 345 g/mol. The molecule has 0 aromatic heterocycles. The summed E-state index contributed by atoms with van der Waals surface area (Å²) in [6.45, 7) is 1.65. The molecule has 0 aliphatic carbocycles. The van der Waals surface area contributed by atoms with Gasteiger partial charge in [-0.2, -0.15) is 0 Å². The first-order valence-electron chi connectivity index (χ1n) is 7.73. The second-order valence-electron chi connectivity index (χ2n) is 6.44. The molecule has 24 heavy (non-hydrogen) atoms. The van der Waals surface area contributed by atoms with E-state index in [2.05, 4.69) is 5.32 Å². The van der Waals surface area contributed by atoms with Crippen LogP contribution in [-0.4, -0.2) is 18.2 Å². The van der Waals surface area contributed by atoms with Crippen molar-refractivity contribution in [3.63, 3.8) is 0 Å². The predicted octanol–water partition coefficient (Wildman–Crippen LogP) is 3.78. The van der Waals surface area contributed by atoms with Crippen molar-refractivity contribution in [2.75, 3.05) is 0 Å². The molecule has 1 fully saturated rings. The van der Waals surface area contributed by atoms with Gasteiger partial charge in [0.05, 0.1) is 0 Å². The van der Waals surface area contributed by atoms with Crippen LogP contribution in [0.1, 0.15) is 18.9 Å². The Morgan fingerprint density at radius 2 is 2.00 bits per heavy atom. The quantitative estimate of drug-likeness (QED) is 0.677. The molecule has 0 spiro atoms. The van der Waals surface area contributed by atoms with Crippen molar-refractivity contribution in [2.45, 2.75) is 25.8 Å². The Hall–Kier alpha value is -2.20. The molecule has 5 heteroatoms. The molecule has 1 saturated heterocycles. The van der Waals surface area contributed by atoms with Crippen LogP contribution in [0.4, 0.5) is 4.39 Å². The van der Waals surface area contributed by atoms with E-state index < -0.39 is 5.41 Å². The highest BCUT2D eigenvalue weighted by Gasteiger charge is 2.42. The summed E-state index contributed by atoms with van der Waals surface area (Å²) in [6.07, 6.45) is 1.83. The van der Waals surface area contributed by atoms with Crippen LogP contribution >= 0.6 is 11.6 Å². The molecule has 3 nitrogen and oxygen atoms in total. The summed E-state index contributed by atoms with van der Waals surface area (Å²) in [5.74, 6) is -0.544. The average molecular weight is 346 g/mol. The second-order valence-corrected chi connectivity index (χ2v) is 6.87. The molecule has 0 unspecified atom stereocenters. The highest BCUT2D eigenvalue weighted by molar-refractivity contribution is 6.30. The number of amides is 1. The van der Waals surface area contributed by atoms with Gasteiger partial charge in [0.1, 0.15) is 17.5 Å². The summed E-state index contributed by atoms with van der Waals surface area (Å²) in [5, 5.41) is 3.34. The van der Waals surface area contributed by atoms with Gasteiger partial charge in [-0.15, -0.1) is 0 Å². The van der Waals surface area contributed by atoms with Crippen LogP contribution in [0.5, 0.6) is 0 Å². The fourth-order valence-electron chi connectivity index (χ4n) is 3.05. The third-order valence-electron chi connectivity index (χ3n) is 4.46. The van der Waals surface area contributed by atoms with Crippen molar-refractivity contribution < 1.29 is 14.0 Å². The number of halogens is 2. The van der Waals surface area contributed by atoms with Gasteiger partial charge in [0.15, 0.2) is 0 Å². The van der Waals surface area contributed by atoms with E-state index >= 15 is 0 Å². The van der Waals surface area contributed by atoms with Crippen molar-refractivity contribution >= 4 is 23.8 Å². The largest absolute Gasteiger partial charge is 0.352 e. The van der Waals surface area contributed by atoms with Gasteiger partial charge in [-0.25, -0.2) is 4.39 Å². The first-order chi connectivity index (χ1) is 11.4. The first-order valence-corrected chi connectivity index (χ1v) is 8.11. The summed E-state index contributed by atoms with van der Waals surface area (Å²) >= 11 is 5.93. The Morgan fingerprint density at radius 3 is 2.62 bits per heavy atom. The number of hydrogen-bond acceptors (Lipinski definition) is 2. The summed E-state index contributed by atoms with van der Waals surface area (Å²) in [4.78, 5) is 22.9. The van der Waals surface area contributed by atoms with Gasteiger partial charge in [0, 0.05) is 16.6 Å². The Balaban J connectivity index is 1.75. The predicted molar refractivity (Wildman–Crippen MR) is 91.3 cm³/mol. The molecule has 3 rings (SSSR count). The molecule has 1 aliphatic rings. The number of nitrogens with one attached hydrogen (secondary N) is 1. The van der Waals surface area contributed by atoms with Crippen LogP contribution in [0.25, 0.3) is 11.1 Å². The number of rotatable bonds is 4. The molecule has 0 bridgehead atoms. The van der Waals surface area contributed by atoms with Gasteiger partial charge in [0.2, 0.25) is 5.91 Å². The molecular weight excluding hydrogens is 329 g/mol. The highest BCUT2D eigenvalue weighted by atomic mass is 35.5. The van der Waals surface area contributed by atoms with Crippen molar-refractivity contribution in [2.24, 2.45) is 5.41 Å². The summed E-state index contributed by atoms with van der Waals surface area (Å²) in [5.41, 5.74) is 1.28. The van der Waals surface area contributed by atoms with Crippen molar-refractivity contribution in [1.29, 1.82) is 0 Å². The summed E-state index contributed by atoms with van der Waals surface area (Å²) in [6, 6.07) is 11.9. The van der Waals surface area contributed by atoms with Crippen molar-refractivity contribution in [1.82, 2.24) is 5.32 Å². The van der Waals surface area contributed by atoms with E-state index in [0.29, 0.717) is 29.7 Å². The van der Waals surface area contributed by atoms with Crippen LogP contribution in [0.15, 0.2) is 42.5 Å². The van der Waals surface area contributed by atoms with Crippen LogP contribution < -0.4 is 5.32 Å². The maximum absolute atomic E-state index is 13.9. The van der Waals surface area contributed by atoms with Crippen LogP contribution in [0.3, 0.4) is 0 Å². The third-order valence-corrected chi connectivity index (χ3v) is 4.70. The first kappa shape index (κ1) is 16.7. The van der Waals surface area contributed by atoms with Crippen molar-refractivity contribution in [3.8, 4) is 11.1 Å². The lowest BCUT2D eigenvalue weighted by molar-refractivity contribution is -0.132. The van der Waals surface area contributed by atoms with E-state index in [4.69, 9.17) is 11.6 Å². The molecule has 124 valence electrons. The lowest BCUT2D eigenvalue weighted by Gasteiger charge is -2.12. The van der Waals surface area contributed by atoms with Gasteiger partial charge in [-0.1, -0.05) is 35.9 Å². The normalized spacial score (nSPS) is 23.1. The topological polar surface area (TPSA) is 46.2 Å². The third kappa shape index (κ3) is 3.20. The van der Waals surface area contributed by atoms with Gasteiger partial charge >= 0.3 is 0 Å². The molecule has 0 saturated carbocycles. The Bertz CT molecular complexity index is 790. The summed E-state index contributed by atoms with van der Waals surface area (Å²) < 4.78 is 13.9. The van der Waals surface area contributed by atoms with E-state index in [9.17, 15) is 14.0 Å². The van der Waals surface area contributed by atoms with E-state index in [0.717, 1.165) is 11.1 Å². The Kier molecular flexibility index (Phi) is 4.41. The lowest BCUT2D eigenvalue weighted by atomic mass is 9.87. The molecule has 1 aliphatic heterocycles. The van der Waals surface area contributed by atoms with Gasteiger partial charge in [-0.3, -0.25) is 4.79 Å². The lowest BCUT2D eigenvalue weighted by Crippen LogP contribution is -2.31. The van der Waals surface area contributed by atoms with Crippen LogP contribution in [-0.2, 0) is 16.0 Å². The molecule has 2 atom stereocenters. The standard InChI is InChI=1S/C19H17ClFNO2/c1-19(11-23)10-15(22-18(19)24)8-12-2-4-13(5-3-12)16-9-14(20)6-7-17(16)21/h2-7,9,11,15H,8,10H2,1H3,(H,22,24)/t15-,19+/m1/s1. The Labute approximate surface area is 144 Å². The minimum atomic E-state index is -0.936. The van der Waals surface area contributed by atoms with Crippen molar-refractivity contribution in [3.05, 3.63) is 58.9 Å². The summed E-state index contributed by atoms with van der Waals surface area (Å²) in [7, 11) is 0. The number of carbonyl (C=O) groups excluding carboxylic acids is 2. The smallest absolute Gasteiger partial charge is 0.233 e. The molecule has 1 heterocycles. The van der Waals surface area contributed by atoms with Gasteiger partial charge in [0.25, 0.3) is 0 Å².